The lowest BCUT2D eigenvalue weighted by molar-refractivity contribution is -0.142. The number of imidazole rings is 1. The van der Waals surface area contributed by atoms with Gasteiger partial charge in [0.05, 0.1) is 6.33 Å². The number of carboxylic acids is 1. The van der Waals surface area contributed by atoms with Gasteiger partial charge in [0.15, 0.2) is 0 Å². The van der Waals surface area contributed by atoms with Gasteiger partial charge in [-0.25, -0.2) is 9.78 Å². The first kappa shape index (κ1) is 16.2. The van der Waals surface area contributed by atoms with Gasteiger partial charge in [0.1, 0.15) is 6.04 Å². The minimum atomic E-state index is -1.05. The number of nitrogens with one attached hydrogen (secondary N) is 2. The van der Waals surface area contributed by atoms with Crippen LogP contribution in [0.25, 0.3) is 0 Å². The highest BCUT2D eigenvalue weighted by Crippen LogP contribution is 2.27. The molecular formula is C14H23N3O3. The van der Waals surface area contributed by atoms with Gasteiger partial charge in [-0.2, -0.15) is 0 Å². The number of aliphatic carboxylic acids is 1. The normalized spacial score (nSPS) is 14.6. The van der Waals surface area contributed by atoms with Crippen molar-refractivity contribution in [2.75, 3.05) is 0 Å². The van der Waals surface area contributed by atoms with E-state index in [1.165, 1.54) is 6.33 Å². The fourth-order valence-electron chi connectivity index (χ4n) is 1.65. The standard InChI is InChI=1S/C14H23N3O3/c1-9(14(2,3)4)5-12(18)17-11(13(19)20)6-10-7-15-8-16-10/h7-9,11H,5-6H2,1-4H3,(H,15,16)(H,17,18)(H,19,20)/t9?,11-/m1/s1. The Balaban J connectivity index is 2.58. The summed E-state index contributed by atoms with van der Waals surface area (Å²) in [4.78, 5) is 29.8. The number of hydrogen-bond donors (Lipinski definition) is 3. The summed E-state index contributed by atoms with van der Waals surface area (Å²) >= 11 is 0. The summed E-state index contributed by atoms with van der Waals surface area (Å²) in [6, 6.07) is -0.935. The molecule has 20 heavy (non-hydrogen) atoms. The number of carboxylic acid groups (broad SMARTS) is 1. The molecule has 1 rings (SSSR count). The molecule has 1 aromatic rings. The maximum Gasteiger partial charge on any atom is 0.326 e. The summed E-state index contributed by atoms with van der Waals surface area (Å²) < 4.78 is 0. The molecule has 0 aliphatic heterocycles. The van der Waals surface area contributed by atoms with E-state index in [0.717, 1.165) is 0 Å². The molecule has 1 amide bonds. The second-order valence-electron chi connectivity index (χ2n) is 6.21. The monoisotopic (exact) mass is 281 g/mol. The molecule has 2 atom stereocenters. The van der Waals surface area contributed by atoms with Gasteiger partial charge in [-0.1, -0.05) is 27.7 Å². The van der Waals surface area contributed by atoms with Crippen molar-refractivity contribution in [3.63, 3.8) is 0 Å². The van der Waals surface area contributed by atoms with Gasteiger partial charge in [0.25, 0.3) is 0 Å². The molecule has 1 heterocycles. The van der Waals surface area contributed by atoms with E-state index in [1.54, 1.807) is 6.20 Å². The van der Waals surface area contributed by atoms with Gasteiger partial charge in [-0.3, -0.25) is 4.79 Å². The highest BCUT2D eigenvalue weighted by Gasteiger charge is 2.26. The maximum atomic E-state index is 11.9. The minimum absolute atomic E-state index is 0.0133. The third-order valence-corrected chi connectivity index (χ3v) is 3.58. The predicted octanol–water partition coefficient (Wildman–Crippen LogP) is 1.59. The average molecular weight is 281 g/mol. The lowest BCUT2D eigenvalue weighted by Crippen LogP contribution is -2.43. The zero-order valence-corrected chi connectivity index (χ0v) is 12.4. The number of aromatic nitrogens is 2. The van der Waals surface area contributed by atoms with Crippen LogP contribution >= 0.6 is 0 Å². The topological polar surface area (TPSA) is 95.1 Å². The van der Waals surface area contributed by atoms with Crippen molar-refractivity contribution >= 4 is 11.9 Å². The van der Waals surface area contributed by atoms with Gasteiger partial charge in [-0.15, -0.1) is 0 Å². The Labute approximate surface area is 119 Å². The van der Waals surface area contributed by atoms with E-state index in [-0.39, 0.29) is 23.7 Å². The fourth-order valence-corrected chi connectivity index (χ4v) is 1.65. The second kappa shape index (κ2) is 6.54. The van der Waals surface area contributed by atoms with Crippen LogP contribution in [0.3, 0.4) is 0 Å². The third-order valence-electron chi connectivity index (χ3n) is 3.58. The Morgan fingerprint density at radius 2 is 2.10 bits per heavy atom. The molecule has 0 spiro atoms. The fraction of sp³-hybridized carbons (Fsp3) is 0.643. The molecule has 112 valence electrons. The number of hydrogen-bond acceptors (Lipinski definition) is 3. The molecule has 0 saturated heterocycles. The van der Waals surface area contributed by atoms with Crippen molar-refractivity contribution in [2.45, 2.75) is 46.6 Å². The van der Waals surface area contributed by atoms with Crippen LogP contribution in [-0.4, -0.2) is 33.0 Å². The lowest BCUT2D eigenvalue weighted by atomic mass is 9.80. The van der Waals surface area contributed by atoms with Crippen molar-refractivity contribution < 1.29 is 14.7 Å². The first-order valence-corrected chi connectivity index (χ1v) is 6.69. The Hall–Kier alpha value is -1.85. The van der Waals surface area contributed by atoms with Gasteiger partial charge >= 0.3 is 5.97 Å². The Bertz CT molecular complexity index is 449. The Morgan fingerprint density at radius 3 is 2.55 bits per heavy atom. The van der Waals surface area contributed by atoms with Crippen molar-refractivity contribution in [3.8, 4) is 0 Å². The smallest absolute Gasteiger partial charge is 0.326 e. The van der Waals surface area contributed by atoms with Gasteiger partial charge < -0.3 is 15.4 Å². The Morgan fingerprint density at radius 1 is 1.45 bits per heavy atom. The van der Waals surface area contributed by atoms with E-state index in [2.05, 4.69) is 36.1 Å². The number of nitrogens with zero attached hydrogens (tertiary/aromatic N) is 1. The summed E-state index contributed by atoms with van der Waals surface area (Å²) in [5.41, 5.74) is 0.695. The highest BCUT2D eigenvalue weighted by molar-refractivity contribution is 5.83. The van der Waals surface area contributed by atoms with Gasteiger partial charge in [0, 0.05) is 24.7 Å². The second-order valence-corrected chi connectivity index (χ2v) is 6.21. The molecule has 1 unspecified atom stereocenters. The Kier molecular flexibility index (Phi) is 5.30. The summed E-state index contributed by atoms with van der Waals surface area (Å²) in [6.07, 6.45) is 3.55. The number of carbonyl (C=O) groups is 2. The van der Waals surface area contributed by atoms with Crippen molar-refractivity contribution in [2.24, 2.45) is 11.3 Å². The quantitative estimate of drug-likeness (QED) is 0.738. The zero-order chi connectivity index (χ0) is 15.3. The van der Waals surface area contributed by atoms with E-state index in [4.69, 9.17) is 5.11 Å². The molecule has 0 bridgehead atoms. The molecule has 0 aromatic carbocycles. The zero-order valence-electron chi connectivity index (χ0n) is 12.4. The number of H-pyrrole nitrogens is 1. The SMILES string of the molecule is CC(CC(=O)N[C@H](Cc1cnc[nH]1)C(=O)O)C(C)(C)C. The lowest BCUT2D eigenvalue weighted by Gasteiger charge is -2.27. The molecule has 1 aromatic heterocycles. The van der Waals surface area contributed by atoms with Crippen LogP contribution in [0.4, 0.5) is 0 Å². The van der Waals surface area contributed by atoms with Crippen LogP contribution < -0.4 is 5.32 Å². The van der Waals surface area contributed by atoms with Crippen LogP contribution in [0.1, 0.15) is 39.8 Å². The van der Waals surface area contributed by atoms with E-state index in [0.29, 0.717) is 12.1 Å². The third kappa shape index (κ3) is 5.03. The summed E-state index contributed by atoms with van der Waals surface area (Å²) in [5, 5.41) is 11.7. The molecule has 6 nitrogen and oxygen atoms in total. The van der Waals surface area contributed by atoms with Gasteiger partial charge in [-0.05, 0) is 11.3 Å². The number of aromatic amines is 1. The van der Waals surface area contributed by atoms with Gasteiger partial charge in [0.2, 0.25) is 5.91 Å². The number of amides is 1. The predicted molar refractivity (Wildman–Crippen MR) is 75.1 cm³/mol. The molecule has 0 fully saturated rings. The minimum Gasteiger partial charge on any atom is -0.480 e. The van der Waals surface area contributed by atoms with Crippen LogP contribution in [0.5, 0.6) is 0 Å². The van der Waals surface area contributed by atoms with E-state index in [1.807, 2.05) is 6.92 Å². The molecule has 0 aliphatic carbocycles. The van der Waals surface area contributed by atoms with Crippen LogP contribution in [0.15, 0.2) is 12.5 Å². The van der Waals surface area contributed by atoms with E-state index in [9.17, 15) is 9.59 Å². The van der Waals surface area contributed by atoms with Crippen molar-refractivity contribution in [1.82, 2.24) is 15.3 Å². The van der Waals surface area contributed by atoms with E-state index >= 15 is 0 Å². The summed E-state index contributed by atoms with van der Waals surface area (Å²) in [6.45, 7) is 8.17. The van der Waals surface area contributed by atoms with Crippen LogP contribution in [0.2, 0.25) is 0 Å². The molecule has 3 N–H and O–H groups in total. The first-order valence-electron chi connectivity index (χ1n) is 6.69. The first-order chi connectivity index (χ1) is 9.20. The molecular weight excluding hydrogens is 258 g/mol. The average Bonchev–Trinajstić information content (AvgIpc) is 2.79. The van der Waals surface area contributed by atoms with Crippen molar-refractivity contribution in [1.29, 1.82) is 0 Å². The van der Waals surface area contributed by atoms with Crippen LogP contribution in [-0.2, 0) is 16.0 Å². The number of carbonyl (C=O) groups excluding carboxylic acids is 1. The molecule has 0 saturated carbocycles. The molecule has 0 radical (unpaired) electrons. The number of rotatable bonds is 6. The largest absolute Gasteiger partial charge is 0.480 e. The molecule has 0 aliphatic rings. The van der Waals surface area contributed by atoms with E-state index < -0.39 is 12.0 Å². The highest BCUT2D eigenvalue weighted by atomic mass is 16.4. The van der Waals surface area contributed by atoms with Crippen LogP contribution in [0, 0.1) is 11.3 Å². The summed E-state index contributed by atoms with van der Waals surface area (Å²) in [5.74, 6) is -1.11. The van der Waals surface area contributed by atoms with Crippen molar-refractivity contribution in [3.05, 3.63) is 18.2 Å². The summed E-state index contributed by atoms with van der Waals surface area (Å²) in [7, 11) is 0. The maximum absolute atomic E-state index is 11.9. The molecule has 6 heteroatoms.